The van der Waals surface area contributed by atoms with Crippen LogP contribution >= 0.6 is 15.6 Å². The van der Waals surface area contributed by atoms with Gasteiger partial charge < -0.3 is 33.8 Å². The van der Waals surface area contributed by atoms with E-state index < -0.39 is 97.5 Å². The second-order valence-electron chi connectivity index (χ2n) is 33.8. The summed E-state index contributed by atoms with van der Waals surface area (Å²) >= 11 is 0. The Morgan fingerprint density at radius 1 is 0.261 bits per heavy atom. The number of esters is 4. The molecule has 0 aromatic carbocycles. The van der Waals surface area contributed by atoms with E-state index in [-0.39, 0.29) is 25.7 Å². The van der Waals surface area contributed by atoms with E-state index in [1.165, 1.54) is 315 Å². The van der Waals surface area contributed by atoms with E-state index in [0.29, 0.717) is 25.7 Å². The minimum Gasteiger partial charge on any atom is -0.462 e. The summed E-state index contributed by atoms with van der Waals surface area (Å²) in [6, 6.07) is 0. The first-order valence-electron chi connectivity index (χ1n) is 47.5. The lowest BCUT2D eigenvalue weighted by Gasteiger charge is -2.21. The molecule has 0 aliphatic rings. The van der Waals surface area contributed by atoms with Crippen molar-refractivity contribution in [2.24, 2.45) is 11.8 Å². The van der Waals surface area contributed by atoms with Gasteiger partial charge in [0.15, 0.2) is 12.2 Å². The van der Waals surface area contributed by atoms with Crippen LogP contribution in [-0.2, 0) is 65.4 Å². The molecule has 3 unspecified atom stereocenters. The highest BCUT2D eigenvalue weighted by atomic mass is 31.2. The highest BCUT2D eigenvalue weighted by Gasteiger charge is 2.31. The minimum absolute atomic E-state index is 0.108. The van der Waals surface area contributed by atoms with Crippen LogP contribution in [0.5, 0.6) is 0 Å². The average Bonchev–Trinajstić information content (AvgIpc) is 0.896. The summed E-state index contributed by atoms with van der Waals surface area (Å²) in [6.45, 7) is 9.79. The van der Waals surface area contributed by atoms with Crippen LogP contribution in [-0.4, -0.2) is 96.7 Å². The maximum Gasteiger partial charge on any atom is 0.472 e. The third kappa shape index (κ3) is 84.3. The number of rotatable bonds is 91. The molecular weight excluding hydrogens is 1440 g/mol. The number of aliphatic hydroxyl groups excluding tert-OH is 1. The standard InChI is InChI=1S/C92H180O17P2/c1-7-10-12-14-16-18-20-21-22-23-24-25-26-30-33-39-45-51-57-63-69-75-90(95)103-81-88(109-91(96)76-70-64-58-52-46-40-34-31-28-27-29-32-38-44-49-55-61-67-73-85(6)9-3)83-107-111(100,101)105-79-86(93)78-104-110(98,99)106-82-87(80-102-89(94)74-68-62-56-50-42-19-17-15-13-11-8-2)108-92(97)77-71-65-59-53-47-41-36-35-37-43-48-54-60-66-72-84(4)5/h84-88,93H,7-83H2,1-6H3,(H,98,99)(H,100,101)/t85?,86-,87+,88+/m0/s1. The molecule has 0 rings (SSSR count). The van der Waals surface area contributed by atoms with E-state index >= 15 is 0 Å². The Hall–Kier alpha value is -1.94. The molecule has 0 aromatic rings. The molecule has 0 aliphatic heterocycles. The SMILES string of the molecule is CCCCCCCCCCCCCCCCCCCCCCCC(=O)OC[C@H](COP(=O)(O)OC[C@@H](O)COP(=O)(O)OC[C@@H](COC(=O)CCCCCCCCCCCCC)OC(=O)CCCCCCCCCCCCCCCCC(C)C)OC(=O)CCCCCCCCCCCCCCCCCCCCC(C)CC. The Labute approximate surface area is 683 Å². The summed E-state index contributed by atoms with van der Waals surface area (Å²) in [7, 11) is -9.94. The second-order valence-corrected chi connectivity index (χ2v) is 36.7. The summed E-state index contributed by atoms with van der Waals surface area (Å²) in [5.41, 5.74) is 0. The third-order valence-corrected chi connectivity index (χ3v) is 24.0. The molecule has 111 heavy (non-hydrogen) atoms. The van der Waals surface area contributed by atoms with Gasteiger partial charge in [0.2, 0.25) is 0 Å². The first-order valence-corrected chi connectivity index (χ1v) is 50.5. The first-order chi connectivity index (χ1) is 53.9. The van der Waals surface area contributed by atoms with E-state index in [1.807, 2.05) is 0 Å². The van der Waals surface area contributed by atoms with Crippen LogP contribution in [0.25, 0.3) is 0 Å². The highest BCUT2D eigenvalue weighted by molar-refractivity contribution is 7.47. The molecular formula is C92H180O17P2. The van der Waals surface area contributed by atoms with Gasteiger partial charge in [-0.05, 0) is 37.5 Å². The number of phosphoric ester groups is 2. The van der Waals surface area contributed by atoms with Crippen molar-refractivity contribution in [3.8, 4) is 0 Å². The lowest BCUT2D eigenvalue weighted by Crippen LogP contribution is -2.30. The molecule has 660 valence electrons. The van der Waals surface area contributed by atoms with Gasteiger partial charge in [0, 0.05) is 25.7 Å². The Bertz CT molecular complexity index is 2120. The molecule has 17 nitrogen and oxygen atoms in total. The largest absolute Gasteiger partial charge is 0.472 e. The van der Waals surface area contributed by atoms with E-state index in [9.17, 15) is 43.2 Å². The number of ether oxygens (including phenoxy) is 4. The van der Waals surface area contributed by atoms with E-state index in [2.05, 4.69) is 41.5 Å². The number of carbonyl (C=O) groups is 4. The number of carbonyl (C=O) groups excluding carboxylic acids is 4. The van der Waals surface area contributed by atoms with Crippen LogP contribution in [0.3, 0.4) is 0 Å². The highest BCUT2D eigenvalue weighted by Crippen LogP contribution is 2.45. The zero-order chi connectivity index (χ0) is 81.3. The van der Waals surface area contributed by atoms with Gasteiger partial charge in [0.05, 0.1) is 26.4 Å². The zero-order valence-electron chi connectivity index (χ0n) is 73.3. The Kier molecular flexibility index (Phi) is 81.7. The lowest BCUT2D eigenvalue weighted by atomic mass is 9.99. The molecule has 6 atom stereocenters. The molecule has 0 saturated carbocycles. The fourth-order valence-electron chi connectivity index (χ4n) is 14.4. The predicted molar refractivity (Wildman–Crippen MR) is 460 cm³/mol. The average molecular weight is 1620 g/mol. The van der Waals surface area contributed by atoms with Crippen LogP contribution in [0.4, 0.5) is 0 Å². The Morgan fingerprint density at radius 2 is 0.459 bits per heavy atom. The van der Waals surface area contributed by atoms with Crippen LogP contribution in [0.1, 0.15) is 497 Å². The lowest BCUT2D eigenvalue weighted by molar-refractivity contribution is -0.161. The molecule has 0 amide bonds. The number of unbranched alkanes of at least 4 members (excludes halogenated alkanes) is 60. The van der Waals surface area contributed by atoms with Crippen molar-refractivity contribution in [3.63, 3.8) is 0 Å². The number of hydrogen-bond acceptors (Lipinski definition) is 15. The molecule has 0 spiro atoms. The van der Waals surface area contributed by atoms with Crippen molar-refractivity contribution < 1.29 is 80.2 Å². The van der Waals surface area contributed by atoms with Crippen molar-refractivity contribution in [1.29, 1.82) is 0 Å². The van der Waals surface area contributed by atoms with Crippen LogP contribution < -0.4 is 0 Å². The van der Waals surface area contributed by atoms with E-state index in [4.69, 9.17) is 37.0 Å². The maximum atomic E-state index is 13.2. The van der Waals surface area contributed by atoms with Gasteiger partial charge in [0.25, 0.3) is 0 Å². The third-order valence-electron chi connectivity index (χ3n) is 22.1. The molecule has 19 heteroatoms. The molecule has 0 radical (unpaired) electrons. The van der Waals surface area contributed by atoms with Crippen LogP contribution in [0.15, 0.2) is 0 Å². The molecule has 0 heterocycles. The molecule has 0 aromatic heterocycles. The van der Waals surface area contributed by atoms with E-state index in [0.717, 1.165) is 102 Å². The van der Waals surface area contributed by atoms with Crippen LogP contribution in [0, 0.1) is 11.8 Å². The summed E-state index contributed by atoms with van der Waals surface area (Å²) in [4.78, 5) is 73.4. The predicted octanol–water partition coefficient (Wildman–Crippen LogP) is 28.6. The fraction of sp³-hybridized carbons (Fsp3) is 0.957. The van der Waals surface area contributed by atoms with Gasteiger partial charge in [-0.15, -0.1) is 0 Å². The molecule has 0 saturated heterocycles. The van der Waals surface area contributed by atoms with Crippen molar-refractivity contribution in [2.75, 3.05) is 39.6 Å². The summed E-state index contributed by atoms with van der Waals surface area (Å²) < 4.78 is 69.1. The fourth-order valence-corrected chi connectivity index (χ4v) is 16.0. The summed E-state index contributed by atoms with van der Waals surface area (Å²) in [5, 5.41) is 10.7. The van der Waals surface area contributed by atoms with Crippen LogP contribution in [0.2, 0.25) is 0 Å². The van der Waals surface area contributed by atoms with Gasteiger partial charge >= 0.3 is 39.5 Å². The normalized spacial score (nSPS) is 14.0. The first kappa shape index (κ1) is 109. The monoisotopic (exact) mass is 1620 g/mol. The van der Waals surface area contributed by atoms with Crippen molar-refractivity contribution in [2.45, 2.75) is 516 Å². The molecule has 3 N–H and O–H groups in total. The van der Waals surface area contributed by atoms with Gasteiger partial charge in [-0.25, -0.2) is 9.13 Å². The quantitative estimate of drug-likeness (QED) is 0.0222. The Morgan fingerprint density at radius 3 is 0.685 bits per heavy atom. The second kappa shape index (κ2) is 83.1. The number of aliphatic hydroxyl groups is 1. The number of phosphoric acid groups is 2. The van der Waals surface area contributed by atoms with Gasteiger partial charge in [-0.2, -0.15) is 0 Å². The van der Waals surface area contributed by atoms with Crippen molar-refractivity contribution in [3.05, 3.63) is 0 Å². The van der Waals surface area contributed by atoms with E-state index in [1.54, 1.807) is 0 Å². The summed E-state index contributed by atoms with van der Waals surface area (Å²) in [5.74, 6) is -0.428. The van der Waals surface area contributed by atoms with Crippen molar-refractivity contribution >= 4 is 39.5 Å². The molecule has 0 aliphatic carbocycles. The van der Waals surface area contributed by atoms with Gasteiger partial charge in [-0.1, -0.05) is 446 Å². The molecule has 0 bridgehead atoms. The topological polar surface area (TPSA) is 237 Å². The minimum atomic E-state index is -4.97. The Balaban J connectivity index is 5.23. The smallest absolute Gasteiger partial charge is 0.462 e. The zero-order valence-corrected chi connectivity index (χ0v) is 75.1. The molecule has 0 fully saturated rings. The van der Waals surface area contributed by atoms with Gasteiger partial charge in [-0.3, -0.25) is 37.3 Å². The summed E-state index contributed by atoms with van der Waals surface area (Å²) in [6.07, 6.45) is 77.8. The number of hydrogen-bond donors (Lipinski definition) is 3. The van der Waals surface area contributed by atoms with Crippen molar-refractivity contribution in [1.82, 2.24) is 0 Å². The maximum absolute atomic E-state index is 13.2. The van der Waals surface area contributed by atoms with Gasteiger partial charge in [0.1, 0.15) is 19.3 Å².